The second-order valence-corrected chi connectivity index (χ2v) is 4.04. The summed E-state index contributed by atoms with van der Waals surface area (Å²) in [7, 11) is 0. The summed E-state index contributed by atoms with van der Waals surface area (Å²) in [6.07, 6.45) is 1.47. The Bertz CT molecular complexity index is 688. The van der Waals surface area contributed by atoms with E-state index in [1.165, 1.54) is 6.20 Å². The molecule has 0 atom stereocenters. The van der Waals surface area contributed by atoms with E-state index in [1.807, 2.05) is 0 Å². The van der Waals surface area contributed by atoms with Gasteiger partial charge in [-0.05, 0) is 30.7 Å². The molecule has 0 aliphatic carbocycles. The first-order valence-corrected chi connectivity index (χ1v) is 5.66. The van der Waals surface area contributed by atoms with E-state index in [1.54, 1.807) is 19.1 Å². The van der Waals surface area contributed by atoms with Gasteiger partial charge in [0.25, 0.3) is 11.6 Å². The molecule has 1 aromatic carbocycles. The van der Waals surface area contributed by atoms with Crippen LogP contribution in [0.2, 0.25) is 0 Å². The second kappa shape index (κ2) is 5.43. The lowest BCUT2D eigenvalue weighted by Gasteiger charge is -2.07. The van der Waals surface area contributed by atoms with Crippen LogP contribution < -0.4 is 5.32 Å². The molecule has 0 bridgehead atoms. The fourth-order valence-corrected chi connectivity index (χ4v) is 1.64. The van der Waals surface area contributed by atoms with E-state index in [4.69, 9.17) is 0 Å². The molecule has 0 fully saturated rings. The van der Waals surface area contributed by atoms with Gasteiger partial charge in [-0.2, -0.15) is 0 Å². The Labute approximate surface area is 113 Å². The van der Waals surface area contributed by atoms with E-state index in [-0.39, 0.29) is 11.4 Å². The maximum absolute atomic E-state index is 13.2. The van der Waals surface area contributed by atoms with Gasteiger partial charge in [-0.1, -0.05) is 6.07 Å². The summed E-state index contributed by atoms with van der Waals surface area (Å²) in [5, 5.41) is 13.3. The van der Waals surface area contributed by atoms with Gasteiger partial charge in [0.1, 0.15) is 17.2 Å². The Morgan fingerprint density at radius 1 is 1.40 bits per heavy atom. The van der Waals surface area contributed by atoms with Crippen LogP contribution in [-0.4, -0.2) is 15.8 Å². The van der Waals surface area contributed by atoms with Gasteiger partial charge >= 0.3 is 0 Å². The average Bonchev–Trinajstić information content (AvgIpc) is 2.40. The zero-order valence-electron chi connectivity index (χ0n) is 10.5. The van der Waals surface area contributed by atoms with Crippen LogP contribution in [0.5, 0.6) is 0 Å². The molecule has 1 amide bonds. The van der Waals surface area contributed by atoms with Crippen LogP contribution >= 0.6 is 0 Å². The number of carbonyl (C=O) groups excluding carboxylic acids is 1. The van der Waals surface area contributed by atoms with Crippen molar-refractivity contribution in [1.82, 2.24) is 4.98 Å². The number of amides is 1. The molecule has 1 N–H and O–H groups in total. The van der Waals surface area contributed by atoms with Crippen molar-refractivity contribution in [3.8, 4) is 0 Å². The molecule has 0 saturated heterocycles. The predicted octanol–water partition coefficient (Wildman–Crippen LogP) is 2.69. The Hall–Kier alpha value is -2.83. The van der Waals surface area contributed by atoms with E-state index in [2.05, 4.69) is 10.3 Å². The number of rotatable bonds is 3. The third-order valence-corrected chi connectivity index (χ3v) is 2.64. The molecule has 2 aromatic rings. The molecule has 0 unspecified atom stereocenters. The zero-order chi connectivity index (χ0) is 14.7. The summed E-state index contributed by atoms with van der Waals surface area (Å²) in [5.41, 5.74) is -0.113. The molecule has 102 valence electrons. The fraction of sp³-hybridized carbons (Fsp3) is 0.0769. The number of benzene rings is 1. The molecular weight excluding hydrogens is 265 g/mol. The van der Waals surface area contributed by atoms with Crippen molar-refractivity contribution in [3.05, 3.63) is 63.6 Å². The van der Waals surface area contributed by atoms with Gasteiger partial charge < -0.3 is 5.32 Å². The lowest BCUT2D eigenvalue weighted by Crippen LogP contribution is -2.15. The molecule has 2 rings (SSSR count). The van der Waals surface area contributed by atoms with Crippen molar-refractivity contribution < 1.29 is 14.1 Å². The van der Waals surface area contributed by atoms with Crippen molar-refractivity contribution in [2.75, 3.05) is 5.32 Å². The average molecular weight is 275 g/mol. The Morgan fingerprint density at radius 2 is 2.15 bits per heavy atom. The minimum Gasteiger partial charge on any atom is -0.306 e. The maximum atomic E-state index is 13.2. The number of nitrogens with one attached hydrogen (secondary N) is 1. The van der Waals surface area contributed by atoms with Gasteiger partial charge in [-0.15, -0.1) is 0 Å². The summed E-state index contributed by atoms with van der Waals surface area (Å²) in [4.78, 5) is 26.1. The summed E-state index contributed by atoms with van der Waals surface area (Å²) >= 11 is 0. The number of hydrogen-bond acceptors (Lipinski definition) is 4. The van der Waals surface area contributed by atoms with Crippen LogP contribution in [0.4, 0.5) is 15.9 Å². The normalized spacial score (nSPS) is 10.1. The molecule has 0 aliphatic rings. The molecule has 1 aromatic heterocycles. The quantitative estimate of drug-likeness (QED) is 0.689. The number of hydrogen-bond donors (Lipinski definition) is 1. The number of nitro benzene ring substituents is 1. The van der Waals surface area contributed by atoms with E-state index in [0.29, 0.717) is 5.56 Å². The molecule has 1 heterocycles. The molecular formula is C13H10FN3O3. The monoisotopic (exact) mass is 275 g/mol. The number of halogens is 1. The van der Waals surface area contributed by atoms with Crippen LogP contribution in [0.25, 0.3) is 0 Å². The van der Waals surface area contributed by atoms with Crippen molar-refractivity contribution in [2.45, 2.75) is 6.92 Å². The van der Waals surface area contributed by atoms with Crippen molar-refractivity contribution in [2.24, 2.45) is 0 Å². The summed E-state index contributed by atoms with van der Waals surface area (Å²) in [6.45, 7) is 1.72. The van der Waals surface area contributed by atoms with Crippen LogP contribution in [0.3, 0.4) is 0 Å². The highest BCUT2D eigenvalue weighted by molar-refractivity contribution is 6.06. The summed E-state index contributed by atoms with van der Waals surface area (Å²) < 4.78 is 13.2. The van der Waals surface area contributed by atoms with E-state index >= 15 is 0 Å². The van der Waals surface area contributed by atoms with Crippen LogP contribution in [0.15, 0.2) is 36.5 Å². The summed E-state index contributed by atoms with van der Waals surface area (Å²) in [6, 6.07) is 6.13. The minimum absolute atomic E-state index is 0.274. The van der Waals surface area contributed by atoms with Crippen molar-refractivity contribution in [1.29, 1.82) is 0 Å². The Balaban J connectivity index is 2.37. The first kappa shape index (κ1) is 13.6. The fourth-order valence-electron chi connectivity index (χ4n) is 1.64. The molecule has 0 aliphatic heterocycles. The molecule has 0 saturated carbocycles. The van der Waals surface area contributed by atoms with Crippen LogP contribution in [-0.2, 0) is 0 Å². The maximum Gasteiger partial charge on any atom is 0.282 e. The van der Waals surface area contributed by atoms with E-state index < -0.39 is 22.3 Å². The van der Waals surface area contributed by atoms with Gasteiger partial charge in [0.15, 0.2) is 0 Å². The Kier molecular flexibility index (Phi) is 3.69. The Morgan fingerprint density at radius 3 is 2.80 bits per heavy atom. The van der Waals surface area contributed by atoms with Crippen molar-refractivity contribution >= 4 is 17.4 Å². The highest BCUT2D eigenvalue weighted by Crippen LogP contribution is 2.21. The number of pyridine rings is 1. The number of aromatic nitrogens is 1. The van der Waals surface area contributed by atoms with Gasteiger partial charge in [-0.3, -0.25) is 14.9 Å². The number of nitro groups is 1. The topological polar surface area (TPSA) is 85.1 Å². The van der Waals surface area contributed by atoms with E-state index in [9.17, 15) is 19.3 Å². The highest BCUT2D eigenvalue weighted by Gasteiger charge is 2.21. The zero-order valence-corrected chi connectivity index (χ0v) is 10.5. The van der Waals surface area contributed by atoms with Gasteiger partial charge in [0.05, 0.1) is 4.92 Å². The lowest BCUT2D eigenvalue weighted by atomic mass is 10.1. The molecule has 0 radical (unpaired) electrons. The van der Waals surface area contributed by atoms with Crippen LogP contribution in [0, 0.1) is 22.9 Å². The lowest BCUT2D eigenvalue weighted by molar-refractivity contribution is -0.385. The second-order valence-electron chi connectivity index (χ2n) is 4.04. The smallest absolute Gasteiger partial charge is 0.282 e. The number of aryl methyl sites for hydroxylation is 1. The standard InChI is InChI=1S/C13H10FN3O3/c1-8-3-2-6-15-12(8)16-13(18)10-7-9(14)4-5-11(10)17(19)20/h2-7H,1H3,(H,15,16,18). The first-order valence-electron chi connectivity index (χ1n) is 5.66. The molecule has 6 nitrogen and oxygen atoms in total. The predicted molar refractivity (Wildman–Crippen MR) is 70.0 cm³/mol. The summed E-state index contributed by atoms with van der Waals surface area (Å²) in [5.74, 6) is -1.23. The number of carbonyl (C=O) groups is 1. The SMILES string of the molecule is Cc1cccnc1NC(=O)c1cc(F)ccc1[N+](=O)[O-]. The first-order chi connectivity index (χ1) is 9.49. The third-order valence-electron chi connectivity index (χ3n) is 2.64. The molecule has 20 heavy (non-hydrogen) atoms. The van der Waals surface area contributed by atoms with Gasteiger partial charge in [0.2, 0.25) is 0 Å². The van der Waals surface area contributed by atoms with Crippen LogP contribution in [0.1, 0.15) is 15.9 Å². The molecule has 7 heteroatoms. The number of nitrogens with zero attached hydrogens (tertiary/aromatic N) is 2. The third kappa shape index (κ3) is 2.77. The minimum atomic E-state index is -0.780. The van der Waals surface area contributed by atoms with Gasteiger partial charge in [0, 0.05) is 12.3 Å². The highest BCUT2D eigenvalue weighted by atomic mass is 19.1. The van der Waals surface area contributed by atoms with E-state index in [0.717, 1.165) is 18.2 Å². The largest absolute Gasteiger partial charge is 0.306 e. The molecule has 0 spiro atoms. The van der Waals surface area contributed by atoms with Crippen molar-refractivity contribution in [3.63, 3.8) is 0 Å². The van der Waals surface area contributed by atoms with Gasteiger partial charge in [-0.25, -0.2) is 9.37 Å². The number of anilines is 1.